The number of carbonyl (C=O) groups is 11. The lowest BCUT2D eigenvalue weighted by atomic mass is 9.83. The first-order chi connectivity index (χ1) is 44.1. The minimum absolute atomic E-state index is 0.00587. The van der Waals surface area contributed by atoms with Gasteiger partial charge in [-0.2, -0.15) is 4.98 Å². The van der Waals surface area contributed by atoms with E-state index in [4.69, 9.17) is 37.1 Å². The van der Waals surface area contributed by atoms with Crippen molar-refractivity contribution in [3.8, 4) is 11.8 Å². The molecule has 0 radical (unpaired) electrons. The van der Waals surface area contributed by atoms with Crippen LogP contribution in [0.1, 0.15) is 61.5 Å². The van der Waals surface area contributed by atoms with Crippen LogP contribution in [0, 0.1) is 5.92 Å². The van der Waals surface area contributed by atoms with Gasteiger partial charge < -0.3 is 99.1 Å². The molecule has 8 unspecified atom stereocenters. The number of aromatic hydroxyl groups is 2. The summed E-state index contributed by atoms with van der Waals surface area (Å²) in [5.41, 5.74) is 20.5. The van der Waals surface area contributed by atoms with E-state index in [0.29, 0.717) is 23.1 Å². The molecule has 0 spiro atoms. The summed E-state index contributed by atoms with van der Waals surface area (Å²) in [6.45, 7) is 0.606. The van der Waals surface area contributed by atoms with Gasteiger partial charge in [-0.05, 0) is 50.5 Å². The van der Waals surface area contributed by atoms with Crippen LogP contribution in [-0.2, 0) is 70.5 Å². The summed E-state index contributed by atoms with van der Waals surface area (Å²) in [5.74, 6) is -14.3. The molecule has 6 heterocycles. The number of ketones is 2. The van der Waals surface area contributed by atoms with Crippen molar-refractivity contribution in [2.75, 3.05) is 50.7 Å². The number of nitrogen functional groups attached to an aromatic ring is 1. The number of guanidine groups is 1. The molecular weight excluding hydrogens is 1250 g/mol. The Morgan fingerprint density at radius 2 is 1.56 bits per heavy atom. The lowest BCUT2D eigenvalue weighted by Crippen LogP contribution is -2.56. The number of H-pyrrole nitrogens is 1. The largest absolute Gasteiger partial charge is 0.494 e. The predicted octanol–water partition coefficient (Wildman–Crippen LogP) is -3.38. The normalized spacial score (nSPS) is 19.1. The number of hydrogen-bond donors (Lipinski definition) is 15. The Hall–Kier alpha value is -11.1. The number of fused-ring (bicyclic) bond motifs is 5. The number of methoxy groups -OCH3 is 2. The number of amides is 6. The maximum Gasteiger partial charge on any atom is 0.404 e. The maximum atomic E-state index is 13.9. The smallest absolute Gasteiger partial charge is 0.404 e. The third-order valence-corrected chi connectivity index (χ3v) is 16.8. The van der Waals surface area contributed by atoms with Crippen molar-refractivity contribution in [2.45, 2.75) is 105 Å². The molecule has 3 aromatic heterocycles. The standard InChI is InChI=1S/C55H65N17O20S/c1-22-40(78)39-37(41(79)42(22)90-2)26(20-92-54(59)89)55(91-3)43-31(19-71(39)55)72(43)34(74)12-14-70-35(75)16-32(49(70)84)93-21-30(51(87)88)67-47(82)29(15-36(76)77)66-46(81)27(5-4-13-60-52(56)57)64-33(73)11-10-28(50(85)86)65-45(80)23-6-8-24(9-7-23)61-17-25-18-62-44-38(63-25)48(83)69-53(58)68-44/h6-9,16,18,26-31,43,61,75,84H,4-5,10-15,17,19-21H2,1-3H3,(H2,59,89)(H,64,73)(H,65,80)(H,66,81)(H,67,82)(H,76,77)(H,85,86)(H,87,88)(H4,56,57,60)(H3,58,62,68,69,83). The van der Waals surface area contributed by atoms with Gasteiger partial charge in [0.1, 0.15) is 36.8 Å². The molecule has 1 aliphatic carbocycles. The quantitative estimate of drug-likeness (QED) is 0.00584. The molecular formula is C55H65N17O20S. The zero-order chi connectivity index (χ0) is 67.9. The van der Waals surface area contributed by atoms with E-state index < -0.39 is 162 Å². The molecule has 93 heavy (non-hydrogen) atoms. The number of carboxylic acid groups (broad SMARTS) is 3. The highest BCUT2D eigenvalue weighted by Gasteiger charge is 2.77. The van der Waals surface area contributed by atoms with Crippen LogP contribution in [0.3, 0.4) is 0 Å². The average molecular weight is 1320 g/mol. The molecule has 38 heteroatoms. The number of anilines is 2. The zero-order valence-electron chi connectivity index (χ0n) is 49.7. The van der Waals surface area contributed by atoms with Crippen molar-refractivity contribution in [1.29, 1.82) is 0 Å². The van der Waals surface area contributed by atoms with Gasteiger partial charge in [-0.1, -0.05) is 0 Å². The Balaban J connectivity index is 0.850. The number of aromatic amines is 1. The second-order valence-electron chi connectivity index (χ2n) is 21.5. The number of aliphatic imine (C=N–C) groups is 1. The van der Waals surface area contributed by atoms with Crippen LogP contribution in [0.2, 0.25) is 0 Å². The van der Waals surface area contributed by atoms with Crippen molar-refractivity contribution in [1.82, 2.24) is 55.6 Å². The van der Waals surface area contributed by atoms with E-state index in [1.54, 1.807) is 4.90 Å². The number of thioether (sulfide) groups is 1. The fraction of sp³-hybridized carbons (Fsp3) is 0.418. The number of nitrogens with one attached hydrogen (secondary N) is 6. The Bertz CT molecular complexity index is 3870. The van der Waals surface area contributed by atoms with E-state index in [9.17, 15) is 83.1 Å². The number of carboxylic acids is 3. The topological polar surface area (TPSA) is 576 Å². The minimum Gasteiger partial charge on any atom is -0.494 e. The Morgan fingerprint density at radius 3 is 2.20 bits per heavy atom. The number of Topliss-reactive ketones (excluding diaryl/α,β-unsaturated/α-hetero) is 2. The maximum absolute atomic E-state index is 13.9. The molecule has 4 aliphatic rings. The third-order valence-electron chi connectivity index (χ3n) is 15.6. The van der Waals surface area contributed by atoms with Gasteiger partial charge in [-0.3, -0.25) is 57.7 Å². The number of rotatable bonds is 31. The summed E-state index contributed by atoms with van der Waals surface area (Å²) < 4.78 is 17.4. The van der Waals surface area contributed by atoms with Crippen LogP contribution >= 0.6 is 11.8 Å². The second kappa shape index (κ2) is 28.4. The van der Waals surface area contributed by atoms with E-state index in [2.05, 4.69) is 51.5 Å². The van der Waals surface area contributed by atoms with E-state index in [1.165, 1.54) is 56.5 Å². The molecule has 4 aromatic rings. The molecule has 2 fully saturated rings. The second-order valence-corrected chi connectivity index (χ2v) is 22.6. The van der Waals surface area contributed by atoms with Gasteiger partial charge in [0.25, 0.3) is 11.5 Å². The van der Waals surface area contributed by atoms with Gasteiger partial charge in [-0.25, -0.2) is 24.4 Å². The van der Waals surface area contributed by atoms with Gasteiger partial charge in [0.05, 0.1) is 54.5 Å². The number of allylic oxidation sites excluding steroid dienone is 2. The van der Waals surface area contributed by atoms with Crippen molar-refractivity contribution >= 4 is 106 Å². The first kappa shape index (κ1) is 67.9. The monoisotopic (exact) mass is 1320 g/mol. The molecule has 6 amide bonds. The van der Waals surface area contributed by atoms with Crippen molar-refractivity contribution in [2.24, 2.45) is 28.1 Å². The number of nitrogens with two attached hydrogens (primary N) is 4. The van der Waals surface area contributed by atoms with Crippen molar-refractivity contribution < 1.29 is 92.5 Å². The van der Waals surface area contributed by atoms with Gasteiger partial charge in [0, 0.05) is 73.8 Å². The summed E-state index contributed by atoms with van der Waals surface area (Å²) in [7, 11) is 2.53. The Labute approximate surface area is 528 Å². The molecule has 1 aromatic carbocycles. The first-order valence-electron chi connectivity index (χ1n) is 28.3. The van der Waals surface area contributed by atoms with Gasteiger partial charge in [0.15, 0.2) is 34.5 Å². The van der Waals surface area contributed by atoms with E-state index in [-0.39, 0.29) is 102 Å². The third kappa shape index (κ3) is 14.8. The molecule has 0 bridgehead atoms. The van der Waals surface area contributed by atoms with Crippen LogP contribution in [0.25, 0.3) is 11.2 Å². The average Bonchev–Trinajstić information content (AvgIpc) is 1.49. The van der Waals surface area contributed by atoms with E-state index in [1.807, 2.05) is 0 Å². The lowest BCUT2D eigenvalue weighted by molar-refractivity contribution is -0.153. The van der Waals surface area contributed by atoms with Crippen LogP contribution in [0.4, 0.5) is 16.4 Å². The van der Waals surface area contributed by atoms with Crippen LogP contribution in [0.15, 0.2) is 73.8 Å². The number of hydrogen-bond acceptors (Lipinski definition) is 25. The molecule has 496 valence electrons. The van der Waals surface area contributed by atoms with Gasteiger partial charge in [-0.15, -0.1) is 11.8 Å². The van der Waals surface area contributed by atoms with Gasteiger partial charge >= 0.3 is 24.0 Å². The first-order valence-corrected chi connectivity index (χ1v) is 29.3. The van der Waals surface area contributed by atoms with Crippen LogP contribution in [-0.4, -0.2) is 213 Å². The molecule has 37 nitrogen and oxygen atoms in total. The van der Waals surface area contributed by atoms with Gasteiger partial charge in [0.2, 0.25) is 47.0 Å². The highest BCUT2D eigenvalue weighted by Crippen LogP contribution is 2.60. The molecule has 0 saturated carbocycles. The number of benzene rings is 1. The zero-order valence-corrected chi connectivity index (χ0v) is 50.5. The molecule has 8 atom stereocenters. The predicted molar refractivity (Wildman–Crippen MR) is 320 cm³/mol. The lowest BCUT2D eigenvalue weighted by Gasteiger charge is -2.41. The summed E-state index contributed by atoms with van der Waals surface area (Å²) in [5, 5.41) is 64.2. The number of aliphatic carboxylic acids is 3. The van der Waals surface area contributed by atoms with Crippen LogP contribution in [0.5, 0.6) is 11.8 Å². The number of ether oxygens (including phenoxy) is 3. The summed E-state index contributed by atoms with van der Waals surface area (Å²) in [6, 6.07) is -1.59. The summed E-state index contributed by atoms with van der Waals surface area (Å²) in [6.07, 6.45) is -2.62. The van der Waals surface area contributed by atoms with Crippen molar-refractivity contribution in [3.63, 3.8) is 0 Å². The molecule has 3 aliphatic heterocycles. The molecule has 2 saturated heterocycles. The number of piperazine rings is 1. The summed E-state index contributed by atoms with van der Waals surface area (Å²) in [4.78, 5) is 178. The Kier molecular flexibility index (Phi) is 20.7. The number of aromatic nitrogens is 5. The number of carbonyl (C=O) groups excluding carboxylic acids is 8. The van der Waals surface area contributed by atoms with Crippen LogP contribution < -0.4 is 55.1 Å². The minimum atomic E-state index is -1.99. The molecule has 8 rings (SSSR count). The fourth-order valence-electron chi connectivity index (χ4n) is 11.3. The Morgan fingerprint density at radius 1 is 0.871 bits per heavy atom. The summed E-state index contributed by atoms with van der Waals surface area (Å²) >= 11 is 0.618. The van der Waals surface area contributed by atoms with Crippen molar-refractivity contribution in [3.05, 3.63) is 80.7 Å². The fourth-order valence-corrected chi connectivity index (χ4v) is 12.3. The van der Waals surface area contributed by atoms with E-state index in [0.717, 1.165) is 10.6 Å². The number of nitrogens with zero attached hydrogens (tertiary/aromatic N) is 7. The van der Waals surface area contributed by atoms with E-state index >= 15 is 0 Å². The highest BCUT2D eigenvalue weighted by atomic mass is 32.2. The number of primary amides is 1. The highest BCUT2D eigenvalue weighted by molar-refractivity contribution is 7.99. The SMILES string of the molecule is COC1=C(C)C(=O)C2=C(C1=O)C(COC(N)=O)C1(OC)C3C(CN21)N3C(=O)CCn1c(O)cc(SCC(NC(=O)C(CC(=O)O)NC(=O)C(CCCN=C(N)N)NC(=O)CCC(NC(=O)c2ccc(NCc3cnc4nc(N)[nH]c(=O)c4n3)cc2)C(=O)O)C(=O)O)c1O. The molecule has 19 N–H and O–H groups in total.